The standard InChI is InChI=1S/C15H16FNS.C10H13F/c1-11(2)12-6-5-7-13(10-12)18-17-15-9-4-3-8-14(15)16;1-7(2)9-4-8(3)5-10(11)6-9/h3-11,17H,1-2H3;4-7H,1-3H3. The van der Waals surface area contributed by atoms with Crippen LogP contribution >= 0.6 is 11.9 Å². The van der Waals surface area contributed by atoms with Crippen molar-refractivity contribution < 1.29 is 8.78 Å². The summed E-state index contributed by atoms with van der Waals surface area (Å²) in [5, 5.41) is 0. The Morgan fingerprint density at radius 1 is 0.759 bits per heavy atom. The van der Waals surface area contributed by atoms with Crippen LogP contribution in [-0.4, -0.2) is 0 Å². The van der Waals surface area contributed by atoms with E-state index in [1.807, 2.05) is 31.2 Å². The van der Waals surface area contributed by atoms with E-state index in [0.29, 0.717) is 17.5 Å². The van der Waals surface area contributed by atoms with Crippen LogP contribution in [0.25, 0.3) is 0 Å². The van der Waals surface area contributed by atoms with Crippen molar-refractivity contribution in [2.24, 2.45) is 0 Å². The molecule has 0 aromatic heterocycles. The lowest BCUT2D eigenvalue weighted by Gasteiger charge is -2.09. The van der Waals surface area contributed by atoms with Crippen LogP contribution in [0, 0.1) is 18.6 Å². The van der Waals surface area contributed by atoms with Crippen molar-refractivity contribution >= 4 is 17.6 Å². The first kappa shape index (κ1) is 23.0. The van der Waals surface area contributed by atoms with Gasteiger partial charge in [0.2, 0.25) is 0 Å². The molecule has 0 spiro atoms. The number of nitrogens with one attached hydrogen (secondary N) is 1. The van der Waals surface area contributed by atoms with Gasteiger partial charge in [0.25, 0.3) is 0 Å². The molecule has 154 valence electrons. The summed E-state index contributed by atoms with van der Waals surface area (Å²) in [5.41, 5.74) is 3.86. The van der Waals surface area contributed by atoms with Gasteiger partial charge in [-0.05, 0) is 83.8 Å². The van der Waals surface area contributed by atoms with E-state index in [-0.39, 0.29) is 11.6 Å². The lowest BCUT2D eigenvalue weighted by atomic mass is 10.0. The minimum atomic E-state index is -0.231. The number of halogens is 2. The van der Waals surface area contributed by atoms with Crippen molar-refractivity contribution in [3.63, 3.8) is 0 Å². The summed E-state index contributed by atoms with van der Waals surface area (Å²) < 4.78 is 29.2. The molecule has 0 heterocycles. The lowest BCUT2D eigenvalue weighted by molar-refractivity contribution is 0.622. The summed E-state index contributed by atoms with van der Waals surface area (Å²) in [7, 11) is 0. The minimum absolute atomic E-state index is 0.131. The molecule has 0 aliphatic carbocycles. The number of hydrogen-bond donors (Lipinski definition) is 1. The molecule has 0 saturated carbocycles. The van der Waals surface area contributed by atoms with Gasteiger partial charge < -0.3 is 4.72 Å². The maximum Gasteiger partial charge on any atom is 0.147 e. The van der Waals surface area contributed by atoms with Gasteiger partial charge in [-0.1, -0.05) is 58.0 Å². The largest absolute Gasteiger partial charge is 0.323 e. The highest BCUT2D eigenvalue weighted by atomic mass is 32.2. The van der Waals surface area contributed by atoms with Crippen molar-refractivity contribution in [3.8, 4) is 0 Å². The molecule has 0 bridgehead atoms. The average molecular weight is 414 g/mol. The van der Waals surface area contributed by atoms with Crippen LogP contribution in [0.15, 0.2) is 71.6 Å². The van der Waals surface area contributed by atoms with Gasteiger partial charge in [0.1, 0.15) is 11.6 Å². The highest BCUT2D eigenvalue weighted by Gasteiger charge is 2.03. The molecule has 0 aliphatic rings. The number of benzene rings is 3. The van der Waals surface area contributed by atoms with Gasteiger partial charge in [0, 0.05) is 4.90 Å². The second-order valence-electron chi connectivity index (χ2n) is 7.63. The van der Waals surface area contributed by atoms with E-state index in [1.54, 1.807) is 24.3 Å². The topological polar surface area (TPSA) is 12.0 Å². The molecule has 3 aromatic rings. The number of para-hydroxylation sites is 1. The van der Waals surface area contributed by atoms with Gasteiger partial charge in [0.05, 0.1) is 5.69 Å². The van der Waals surface area contributed by atoms with Crippen molar-refractivity contribution in [1.29, 1.82) is 0 Å². The number of hydrogen-bond acceptors (Lipinski definition) is 2. The van der Waals surface area contributed by atoms with Gasteiger partial charge in [-0.3, -0.25) is 0 Å². The second-order valence-corrected chi connectivity index (χ2v) is 8.51. The summed E-state index contributed by atoms with van der Waals surface area (Å²) in [4.78, 5) is 1.09. The summed E-state index contributed by atoms with van der Waals surface area (Å²) in [5.74, 6) is 0.544. The highest BCUT2D eigenvalue weighted by molar-refractivity contribution is 8.00. The number of anilines is 1. The smallest absolute Gasteiger partial charge is 0.147 e. The normalized spacial score (nSPS) is 10.7. The van der Waals surface area contributed by atoms with E-state index >= 15 is 0 Å². The van der Waals surface area contributed by atoms with Crippen LogP contribution in [0.3, 0.4) is 0 Å². The van der Waals surface area contributed by atoms with E-state index < -0.39 is 0 Å². The third kappa shape index (κ3) is 7.54. The molecular formula is C25H29F2NS. The zero-order valence-electron chi connectivity index (χ0n) is 17.7. The Bertz CT molecular complexity index is 902. The van der Waals surface area contributed by atoms with Crippen molar-refractivity contribution in [2.75, 3.05) is 4.72 Å². The van der Waals surface area contributed by atoms with Gasteiger partial charge in [-0.15, -0.1) is 0 Å². The van der Waals surface area contributed by atoms with Gasteiger partial charge in [-0.25, -0.2) is 8.78 Å². The van der Waals surface area contributed by atoms with Gasteiger partial charge in [-0.2, -0.15) is 0 Å². The Balaban J connectivity index is 0.000000234. The SMILES string of the molecule is CC(C)c1cccc(SNc2ccccc2F)c1.Cc1cc(F)cc(C(C)C)c1. The van der Waals surface area contributed by atoms with E-state index in [2.05, 4.69) is 44.5 Å². The van der Waals surface area contributed by atoms with Crippen molar-refractivity contribution in [1.82, 2.24) is 0 Å². The zero-order chi connectivity index (χ0) is 21.4. The van der Waals surface area contributed by atoms with E-state index in [9.17, 15) is 8.78 Å². The predicted molar refractivity (Wildman–Crippen MR) is 122 cm³/mol. The number of rotatable bonds is 5. The molecule has 0 unspecified atom stereocenters. The van der Waals surface area contributed by atoms with Crippen LogP contribution in [0.5, 0.6) is 0 Å². The first-order chi connectivity index (χ1) is 13.8. The predicted octanol–water partition coefficient (Wildman–Crippen LogP) is 8.33. The van der Waals surface area contributed by atoms with Gasteiger partial charge in [0.15, 0.2) is 0 Å². The first-order valence-electron chi connectivity index (χ1n) is 9.80. The molecule has 1 nitrogen and oxygen atoms in total. The summed E-state index contributed by atoms with van der Waals surface area (Å²) in [6.45, 7) is 10.4. The van der Waals surface area contributed by atoms with E-state index in [0.717, 1.165) is 16.0 Å². The number of aryl methyl sites for hydroxylation is 1. The molecular weight excluding hydrogens is 384 g/mol. The highest BCUT2D eigenvalue weighted by Crippen LogP contribution is 2.25. The molecule has 0 fully saturated rings. The molecule has 3 aromatic carbocycles. The Hall–Kier alpha value is -2.33. The Morgan fingerprint density at radius 3 is 2.07 bits per heavy atom. The monoisotopic (exact) mass is 413 g/mol. The lowest BCUT2D eigenvalue weighted by Crippen LogP contribution is -1.92. The Morgan fingerprint density at radius 2 is 1.45 bits per heavy atom. The molecule has 0 atom stereocenters. The maximum atomic E-state index is 13.4. The summed E-state index contributed by atoms with van der Waals surface area (Å²) in [6.07, 6.45) is 0. The van der Waals surface area contributed by atoms with Crippen LogP contribution in [0.2, 0.25) is 0 Å². The third-order valence-electron chi connectivity index (χ3n) is 4.41. The quantitative estimate of drug-likeness (QED) is 0.422. The van der Waals surface area contributed by atoms with Crippen LogP contribution in [-0.2, 0) is 0 Å². The molecule has 0 saturated heterocycles. The average Bonchev–Trinajstić information content (AvgIpc) is 2.67. The van der Waals surface area contributed by atoms with Crippen molar-refractivity contribution in [2.45, 2.75) is 51.3 Å². The van der Waals surface area contributed by atoms with Crippen LogP contribution < -0.4 is 4.72 Å². The van der Waals surface area contributed by atoms with E-state index in [4.69, 9.17) is 0 Å². The zero-order valence-corrected chi connectivity index (χ0v) is 18.5. The third-order valence-corrected chi connectivity index (χ3v) is 5.22. The van der Waals surface area contributed by atoms with Crippen molar-refractivity contribution in [3.05, 3.63) is 95.1 Å². The fraction of sp³-hybridized carbons (Fsp3) is 0.280. The molecule has 3 rings (SSSR count). The van der Waals surface area contributed by atoms with Crippen LogP contribution in [0.1, 0.15) is 56.2 Å². The fourth-order valence-electron chi connectivity index (χ4n) is 2.69. The molecule has 4 heteroatoms. The van der Waals surface area contributed by atoms with Gasteiger partial charge >= 0.3 is 0 Å². The minimum Gasteiger partial charge on any atom is -0.323 e. The first-order valence-corrected chi connectivity index (χ1v) is 10.6. The molecule has 0 radical (unpaired) electrons. The second kappa shape index (κ2) is 11.0. The Kier molecular flexibility index (Phi) is 8.71. The molecule has 29 heavy (non-hydrogen) atoms. The fourth-order valence-corrected chi connectivity index (χ4v) is 3.43. The maximum absolute atomic E-state index is 13.4. The Labute approximate surface area is 177 Å². The van der Waals surface area contributed by atoms with E-state index in [1.165, 1.54) is 23.6 Å². The summed E-state index contributed by atoms with van der Waals surface area (Å²) >= 11 is 1.43. The molecule has 1 N–H and O–H groups in total. The molecule has 0 aliphatic heterocycles. The summed E-state index contributed by atoms with van der Waals surface area (Å²) in [6, 6.07) is 20.1. The molecule has 0 amide bonds. The van der Waals surface area contributed by atoms with Crippen LogP contribution in [0.4, 0.5) is 14.5 Å².